The fraction of sp³-hybridized carbons (Fsp3) is 0.389. The SMILES string of the molecule is Cc1ccc(Cn2ccsc2=NC(=O)COC(=O)[C@H]2C[C@@H]2C)cc1. The number of ether oxygens (including phenoxy) is 1. The fourth-order valence-electron chi connectivity index (χ4n) is 2.43. The van der Waals surface area contributed by atoms with Crippen molar-refractivity contribution in [2.45, 2.75) is 26.8 Å². The van der Waals surface area contributed by atoms with Crippen molar-refractivity contribution >= 4 is 23.2 Å². The molecule has 1 aromatic heterocycles. The summed E-state index contributed by atoms with van der Waals surface area (Å²) in [5.41, 5.74) is 2.35. The summed E-state index contributed by atoms with van der Waals surface area (Å²) in [4.78, 5) is 28.3. The smallest absolute Gasteiger partial charge is 0.309 e. The fourth-order valence-corrected chi connectivity index (χ4v) is 3.17. The maximum Gasteiger partial charge on any atom is 0.309 e. The van der Waals surface area contributed by atoms with Gasteiger partial charge in [0.15, 0.2) is 11.4 Å². The molecule has 5 nitrogen and oxygen atoms in total. The second kappa shape index (κ2) is 7.13. The van der Waals surface area contributed by atoms with E-state index in [1.165, 1.54) is 16.9 Å². The molecule has 1 saturated carbocycles. The molecule has 2 aromatic rings. The summed E-state index contributed by atoms with van der Waals surface area (Å²) in [5, 5.41) is 1.89. The number of rotatable bonds is 5. The molecule has 1 aromatic carbocycles. The molecule has 0 spiro atoms. The minimum atomic E-state index is -0.434. The molecular formula is C18H20N2O3S. The normalized spacial score (nSPS) is 20.0. The van der Waals surface area contributed by atoms with E-state index >= 15 is 0 Å². The molecule has 3 rings (SSSR count). The van der Waals surface area contributed by atoms with Gasteiger partial charge in [-0.1, -0.05) is 36.8 Å². The molecular weight excluding hydrogens is 324 g/mol. The quantitative estimate of drug-likeness (QED) is 0.783. The van der Waals surface area contributed by atoms with Crippen molar-refractivity contribution in [3.05, 3.63) is 51.8 Å². The average Bonchev–Trinajstić information content (AvgIpc) is 3.14. The third-order valence-corrected chi connectivity index (χ3v) is 4.90. The minimum Gasteiger partial charge on any atom is -0.455 e. The molecule has 0 unspecified atom stereocenters. The van der Waals surface area contributed by atoms with Crippen molar-refractivity contribution < 1.29 is 14.3 Å². The molecule has 1 aliphatic carbocycles. The monoisotopic (exact) mass is 344 g/mol. The lowest BCUT2D eigenvalue weighted by Gasteiger charge is -2.04. The lowest BCUT2D eigenvalue weighted by atomic mass is 10.1. The molecule has 126 valence electrons. The van der Waals surface area contributed by atoms with E-state index in [0.29, 0.717) is 17.3 Å². The van der Waals surface area contributed by atoms with E-state index in [1.807, 2.05) is 30.0 Å². The maximum atomic E-state index is 11.9. The number of nitrogens with zero attached hydrogens (tertiary/aromatic N) is 2. The third kappa shape index (κ3) is 4.20. The summed E-state index contributed by atoms with van der Waals surface area (Å²) in [5.74, 6) is -0.383. The van der Waals surface area contributed by atoms with Crippen molar-refractivity contribution in [3.63, 3.8) is 0 Å². The van der Waals surface area contributed by atoms with Crippen LogP contribution in [0.25, 0.3) is 0 Å². The summed E-state index contributed by atoms with van der Waals surface area (Å²) in [6.07, 6.45) is 2.75. The molecule has 0 saturated heterocycles. The van der Waals surface area contributed by atoms with Gasteiger partial charge in [-0.2, -0.15) is 4.99 Å². The molecule has 1 amide bonds. The molecule has 0 N–H and O–H groups in total. The van der Waals surface area contributed by atoms with E-state index in [0.717, 1.165) is 12.0 Å². The molecule has 0 aliphatic heterocycles. The summed E-state index contributed by atoms with van der Waals surface area (Å²) in [6.45, 7) is 4.40. The Kier molecular flexibility index (Phi) is 4.94. The number of carbonyl (C=O) groups is 2. The number of hydrogen-bond acceptors (Lipinski definition) is 4. The lowest BCUT2D eigenvalue weighted by Crippen LogP contribution is -2.20. The van der Waals surface area contributed by atoms with Gasteiger partial charge in [0.1, 0.15) is 0 Å². The van der Waals surface area contributed by atoms with Gasteiger partial charge in [-0.25, -0.2) is 0 Å². The summed E-state index contributed by atoms with van der Waals surface area (Å²) >= 11 is 1.39. The van der Waals surface area contributed by atoms with E-state index in [4.69, 9.17) is 4.74 Å². The van der Waals surface area contributed by atoms with E-state index in [2.05, 4.69) is 29.3 Å². The zero-order valence-corrected chi connectivity index (χ0v) is 14.6. The number of esters is 1. The Morgan fingerprint density at radius 3 is 2.71 bits per heavy atom. The van der Waals surface area contributed by atoms with Crippen molar-refractivity contribution in [3.8, 4) is 0 Å². The van der Waals surface area contributed by atoms with Crippen LogP contribution < -0.4 is 4.80 Å². The third-order valence-electron chi connectivity index (χ3n) is 4.10. The lowest BCUT2D eigenvalue weighted by molar-refractivity contribution is -0.149. The van der Waals surface area contributed by atoms with E-state index in [9.17, 15) is 9.59 Å². The summed E-state index contributed by atoms with van der Waals surface area (Å²) in [7, 11) is 0. The first kappa shape index (κ1) is 16.6. The van der Waals surface area contributed by atoms with Gasteiger partial charge in [-0.15, -0.1) is 11.3 Å². The van der Waals surface area contributed by atoms with Crippen molar-refractivity contribution in [1.29, 1.82) is 0 Å². The first-order valence-corrected chi connectivity index (χ1v) is 8.84. The highest BCUT2D eigenvalue weighted by atomic mass is 32.1. The Hall–Kier alpha value is -2.21. The average molecular weight is 344 g/mol. The first-order valence-electron chi connectivity index (χ1n) is 7.96. The van der Waals surface area contributed by atoms with Crippen LogP contribution in [0.15, 0.2) is 40.8 Å². The van der Waals surface area contributed by atoms with E-state index in [1.54, 1.807) is 0 Å². The van der Waals surface area contributed by atoms with Crippen LogP contribution in [0.4, 0.5) is 0 Å². The Bertz CT molecular complexity index is 804. The number of aryl methyl sites for hydroxylation is 1. The highest BCUT2D eigenvalue weighted by Crippen LogP contribution is 2.38. The highest BCUT2D eigenvalue weighted by Gasteiger charge is 2.40. The van der Waals surface area contributed by atoms with Crippen LogP contribution in [0.1, 0.15) is 24.5 Å². The number of amides is 1. The topological polar surface area (TPSA) is 60.7 Å². The standard InChI is InChI=1S/C18H20N2O3S/c1-12-3-5-14(6-4-12)10-20-7-8-24-18(20)19-16(21)11-23-17(22)15-9-13(15)2/h3-8,13,15H,9-11H2,1-2H3/t13-,15-/m0/s1. The van der Waals surface area contributed by atoms with Gasteiger partial charge in [-0.05, 0) is 24.8 Å². The van der Waals surface area contributed by atoms with Crippen LogP contribution >= 0.6 is 11.3 Å². The zero-order chi connectivity index (χ0) is 17.1. The Morgan fingerprint density at radius 2 is 2.04 bits per heavy atom. The number of benzene rings is 1. The highest BCUT2D eigenvalue weighted by molar-refractivity contribution is 7.07. The minimum absolute atomic E-state index is 0.0361. The van der Waals surface area contributed by atoms with Gasteiger partial charge < -0.3 is 9.30 Å². The van der Waals surface area contributed by atoms with Gasteiger partial charge in [0.05, 0.1) is 5.92 Å². The number of thiazole rings is 1. The van der Waals surface area contributed by atoms with Crippen LogP contribution in [0.3, 0.4) is 0 Å². The molecule has 1 fully saturated rings. The molecule has 1 aliphatic rings. The van der Waals surface area contributed by atoms with Crippen LogP contribution in [0.5, 0.6) is 0 Å². The van der Waals surface area contributed by atoms with Crippen molar-refractivity contribution in [1.82, 2.24) is 4.57 Å². The second-order valence-corrected chi connectivity index (χ2v) is 7.10. The molecule has 24 heavy (non-hydrogen) atoms. The molecule has 1 heterocycles. The van der Waals surface area contributed by atoms with Crippen LogP contribution in [-0.4, -0.2) is 23.1 Å². The van der Waals surface area contributed by atoms with Gasteiger partial charge in [0.25, 0.3) is 5.91 Å². The number of carbonyl (C=O) groups excluding carboxylic acids is 2. The van der Waals surface area contributed by atoms with Gasteiger partial charge in [0, 0.05) is 18.1 Å². The van der Waals surface area contributed by atoms with Gasteiger partial charge >= 0.3 is 5.97 Å². The number of hydrogen-bond donors (Lipinski definition) is 0. The van der Waals surface area contributed by atoms with E-state index < -0.39 is 5.91 Å². The molecule has 0 radical (unpaired) electrons. The predicted octanol–water partition coefficient (Wildman–Crippen LogP) is 2.53. The van der Waals surface area contributed by atoms with E-state index in [-0.39, 0.29) is 18.5 Å². The summed E-state index contributed by atoms with van der Waals surface area (Å²) in [6, 6.07) is 8.24. The second-order valence-electron chi connectivity index (χ2n) is 6.23. The Morgan fingerprint density at radius 1 is 1.33 bits per heavy atom. The largest absolute Gasteiger partial charge is 0.455 e. The predicted molar refractivity (Wildman–Crippen MR) is 91.4 cm³/mol. The Labute approximate surface area is 144 Å². The zero-order valence-electron chi connectivity index (χ0n) is 13.8. The van der Waals surface area contributed by atoms with Crippen LogP contribution in [0.2, 0.25) is 0 Å². The number of aromatic nitrogens is 1. The van der Waals surface area contributed by atoms with Crippen molar-refractivity contribution in [2.75, 3.05) is 6.61 Å². The summed E-state index contributed by atoms with van der Waals surface area (Å²) < 4.78 is 6.95. The first-order chi connectivity index (χ1) is 11.5. The van der Waals surface area contributed by atoms with Crippen LogP contribution in [-0.2, 0) is 20.9 Å². The molecule has 0 bridgehead atoms. The van der Waals surface area contributed by atoms with Crippen LogP contribution in [0, 0.1) is 18.8 Å². The maximum absolute atomic E-state index is 11.9. The Balaban J connectivity index is 1.62. The molecule has 6 heteroatoms. The van der Waals surface area contributed by atoms with Gasteiger partial charge in [-0.3, -0.25) is 9.59 Å². The van der Waals surface area contributed by atoms with Gasteiger partial charge in [0.2, 0.25) is 0 Å². The van der Waals surface area contributed by atoms with Crippen molar-refractivity contribution in [2.24, 2.45) is 16.8 Å². The molecule has 2 atom stereocenters.